The standard InChI is InChI=1S/C26H39F2N3O5/c1-15(2)5-6-19-24(3,36-19)21-20(33-4)18(7-9-25(21)14-34-25)35-23(32)30-11-16(12-30)8-10-31-13-17-22(29-31)26(17,27)28/h5,16-22,29H,6-14H2,1-4H3/t17?,18-,19-,20-,21-,22?,24+,25+/m1/s1. The minimum Gasteiger partial charge on any atom is -0.443 e. The van der Waals surface area contributed by atoms with Gasteiger partial charge < -0.3 is 23.8 Å². The number of nitrogens with zero attached hydrogens (tertiary/aromatic N) is 2. The van der Waals surface area contributed by atoms with Gasteiger partial charge in [0.15, 0.2) is 0 Å². The van der Waals surface area contributed by atoms with E-state index in [1.54, 1.807) is 12.0 Å². The summed E-state index contributed by atoms with van der Waals surface area (Å²) in [5.74, 6) is -2.70. The van der Waals surface area contributed by atoms with E-state index < -0.39 is 17.9 Å². The van der Waals surface area contributed by atoms with Gasteiger partial charge in [-0.25, -0.2) is 24.0 Å². The van der Waals surface area contributed by atoms with Gasteiger partial charge in [-0.3, -0.25) is 0 Å². The number of amides is 1. The number of carbonyl (C=O) groups is 1. The lowest BCUT2D eigenvalue weighted by molar-refractivity contribution is -0.124. The summed E-state index contributed by atoms with van der Waals surface area (Å²) in [5.41, 5.74) is 3.58. The molecule has 0 aromatic rings. The van der Waals surface area contributed by atoms with Crippen LogP contribution in [0.1, 0.15) is 46.5 Å². The summed E-state index contributed by atoms with van der Waals surface area (Å²) in [6, 6.07) is -0.676. The molecule has 4 aliphatic heterocycles. The Morgan fingerprint density at radius 2 is 2.00 bits per heavy atom. The van der Waals surface area contributed by atoms with Crippen molar-refractivity contribution in [3.63, 3.8) is 0 Å². The van der Waals surface area contributed by atoms with E-state index in [1.807, 2.05) is 5.01 Å². The zero-order chi connectivity index (χ0) is 25.5. The number of ether oxygens (including phenoxy) is 4. The summed E-state index contributed by atoms with van der Waals surface area (Å²) in [6.45, 7) is 9.43. The lowest BCUT2D eigenvalue weighted by Crippen LogP contribution is -2.57. The van der Waals surface area contributed by atoms with Gasteiger partial charge in [0.1, 0.15) is 23.4 Å². The fraction of sp³-hybridized carbons (Fsp3) is 0.885. The number of hydrogen-bond donors (Lipinski definition) is 1. The molecule has 6 aliphatic rings. The number of carbonyl (C=O) groups excluding carboxylic acids is 1. The van der Waals surface area contributed by atoms with E-state index in [2.05, 4.69) is 32.3 Å². The fourth-order valence-electron chi connectivity index (χ4n) is 6.95. The first kappa shape index (κ1) is 25.0. The molecule has 0 aromatic heterocycles. The molecule has 2 saturated carbocycles. The number of likely N-dealkylation sites (tertiary alicyclic amines) is 1. The van der Waals surface area contributed by atoms with E-state index >= 15 is 0 Å². The summed E-state index contributed by atoms with van der Waals surface area (Å²) in [7, 11) is 1.68. The highest BCUT2D eigenvalue weighted by molar-refractivity contribution is 5.69. The Bertz CT molecular complexity index is 905. The third-order valence-electron chi connectivity index (χ3n) is 9.45. The second-order valence-corrected chi connectivity index (χ2v) is 12.2. The van der Waals surface area contributed by atoms with E-state index in [0.717, 1.165) is 25.8 Å². The second kappa shape index (κ2) is 8.59. The van der Waals surface area contributed by atoms with Gasteiger partial charge in [-0.05, 0) is 52.4 Å². The van der Waals surface area contributed by atoms with Crippen LogP contribution in [0.3, 0.4) is 0 Å². The van der Waals surface area contributed by atoms with Crippen molar-refractivity contribution in [3.05, 3.63) is 11.6 Å². The Morgan fingerprint density at radius 3 is 2.61 bits per heavy atom. The van der Waals surface area contributed by atoms with Crippen molar-refractivity contribution in [1.82, 2.24) is 15.3 Å². The van der Waals surface area contributed by atoms with E-state index in [-0.39, 0.29) is 41.5 Å². The minimum absolute atomic E-state index is 0.00722. The molecule has 0 bridgehead atoms. The van der Waals surface area contributed by atoms with Gasteiger partial charge in [0.2, 0.25) is 0 Å². The minimum atomic E-state index is -2.54. The molecule has 0 radical (unpaired) electrons. The number of alkyl halides is 2. The normalized spacial score (nSPS) is 44.7. The van der Waals surface area contributed by atoms with Gasteiger partial charge in [-0.1, -0.05) is 11.6 Å². The van der Waals surface area contributed by atoms with E-state index in [4.69, 9.17) is 18.9 Å². The molecular weight excluding hydrogens is 472 g/mol. The van der Waals surface area contributed by atoms with Crippen LogP contribution in [0.4, 0.5) is 13.6 Å². The van der Waals surface area contributed by atoms with Crippen molar-refractivity contribution in [2.75, 3.05) is 39.9 Å². The van der Waals surface area contributed by atoms with Gasteiger partial charge in [-0.2, -0.15) is 0 Å². The number of nitrogens with one attached hydrogen (secondary N) is 1. The Labute approximate surface area is 211 Å². The summed E-state index contributed by atoms with van der Waals surface area (Å²) in [4.78, 5) is 14.7. The van der Waals surface area contributed by atoms with Crippen molar-refractivity contribution < 1.29 is 32.5 Å². The maximum absolute atomic E-state index is 13.3. The first-order valence-electron chi connectivity index (χ1n) is 13.4. The lowest BCUT2D eigenvalue weighted by atomic mass is 9.68. The number of epoxide rings is 2. The zero-order valence-electron chi connectivity index (χ0n) is 21.7. The molecule has 6 rings (SSSR count). The molecule has 2 aliphatic carbocycles. The molecule has 1 N–H and O–H groups in total. The number of rotatable bonds is 8. The molecule has 0 aromatic carbocycles. The number of hydrazine groups is 1. The summed E-state index contributed by atoms with van der Waals surface area (Å²) < 4.78 is 50.8. The average Bonchev–Trinajstić information content (AvgIpc) is 3.72. The van der Waals surface area contributed by atoms with Crippen molar-refractivity contribution >= 4 is 6.09 Å². The first-order valence-corrected chi connectivity index (χ1v) is 13.4. The molecule has 4 saturated heterocycles. The third kappa shape index (κ3) is 4.17. The molecule has 8 nitrogen and oxygen atoms in total. The average molecular weight is 512 g/mol. The number of hydrogen-bond acceptors (Lipinski definition) is 7. The Kier molecular flexibility index (Phi) is 5.96. The van der Waals surface area contributed by atoms with Crippen molar-refractivity contribution in [1.29, 1.82) is 0 Å². The quantitative estimate of drug-likeness (QED) is 0.397. The van der Waals surface area contributed by atoms with Crippen LogP contribution in [0.2, 0.25) is 0 Å². The highest BCUT2D eigenvalue weighted by Crippen LogP contribution is 2.59. The Morgan fingerprint density at radius 1 is 1.25 bits per heavy atom. The van der Waals surface area contributed by atoms with Crippen LogP contribution >= 0.6 is 0 Å². The SMILES string of the molecule is CO[C@@H]1[C@H](OC(=O)N2CC(CCN3CC4C(N3)C4(F)F)C2)CC[C@]2(CO2)[C@H]1[C@@]1(C)O[C@@H]1CC=C(C)C. The van der Waals surface area contributed by atoms with E-state index in [9.17, 15) is 13.6 Å². The van der Waals surface area contributed by atoms with Crippen molar-refractivity contribution in [2.24, 2.45) is 17.8 Å². The van der Waals surface area contributed by atoms with Crippen LogP contribution in [0.25, 0.3) is 0 Å². The number of methoxy groups -OCH3 is 1. The van der Waals surface area contributed by atoms with Gasteiger partial charge in [0.05, 0.1) is 30.6 Å². The number of fused-ring (bicyclic) bond motifs is 1. The maximum Gasteiger partial charge on any atom is 0.410 e. The van der Waals surface area contributed by atoms with Crippen LogP contribution in [0.5, 0.6) is 0 Å². The number of halogens is 2. The molecule has 202 valence electrons. The lowest BCUT2D eigenvalue weighted by Gasteiger charge is -2.44. The van der Waals surface area contributed by atoms with Crippen molar-refractivity contribution in [2.45, 2.75) is 87.9 Å². The van der Waals surface area contributed by atoms with Crippen molar-refractivity contribution in [3.8, 4) is 0 Å². The van der Waals surface area contributed by atoms with Gasteiger partial charge in [0.25, 0.3) is 5.92 Å². The maximum atomic E-state index is 13.3. The van der Waals surface area contributed by atoms with Gasteiger partial charge in [0, 0.05) is 33.3 Å². The van der Waals surface area contributed by atoms with Gasteiger partial charge in [-0.15, -0.1) is 0 Å². The molecular formula is C26H39F2N3O5. The molecule has 2 unspecified atom stereocenters. The smallest absolute Gasteiger partial charge is 0.410 e. The summed E-state index contributed by atoms with van der Waals surface area (Å²) in [5, 5.41) is 1.90. The molecule has 6 fully saturated rings. The molecule has 36 heavy (non-hydrogen) atoms. The Hall–Kier alpha value is -1.33. The van der Waals surface area contributed by atoms with Gasteiger partial charge >= 0.3 is 6.09 Å². The first-order chi connectivity index (χ1) is 17.1. The predicted molar refractivity (Wildman–Crippen MR) is 126 cm³/mol. The molecule has 8 atom stereocenters. The second-order valence-electron chi connectivity index (χ2n) is 12.2. The van der Waals surface area contributed by atoms with Crippen LogP contribution in [0.15, 0.2) is 11.6 Å². The van der Waals surface area contributed by atoms with Crippen LogP contribution in [-0.4, -0.2) is 97.4 Å². The third-order valence-corrected chi connectivity index (χ3v) is 9.45. The van der Waals surface area contributed by atoms with Crippen LogP contribution in [0, 0.1) is 17.8 Å². The topological polar surface area (TPSA) is 79.1 Å². The largest absolute Gasteiger partial charge is 0.443 e. The Balaban J connectivity index is 0.994. The molecule has 10 heteroatoms. The van der Waals surface area contributed by atoms with Crippen LogP contribution in [-0.2, 0) is 18.9 Å². The van der Waals surface area contributed by atoms with Crippen LogP contribution < -0.4 is 5.43 Å². The molecule has 1 amide bonds. The number of allylic oxidation sites excluding steroid dienone is 1. The molecule has 1 spiro atoms. The highest BCUT2D eigenvalue weighted by atomic mass is 19.3. The fourth-order valence-corrected chi connectivity index (χ4v) is 6.95. The molecule has 4 heterocycles. The van der Waals surface area contributed by atoms with E-state index in [1.165, 1.54) is 5.57 Å². The monoisotopic (exact) mass is 511 g/mol. The zero-order valence-corrected chi connectivity index (χ0v) is 21.7. The van der Waals surface area contributed by atoms with E-state index in [0.29, 0.717) is 38.6 Å². The summed E-state index contributed by atoms with van der Waals surface area (Å²) >= 11 is 0. The summed E-state index contributed by atoms with van der Waals surface area (Å²) in [6.07, 6.45) is 4.67. The predicted octanol–water partition coefficient (Wildman–Crippen LogP) is 2.98. The highest BCUT2D eigenvalue weighted by Gasteiger charge is 2.73.